The van der Waals surface area contributed by atoms with Crippen LogP contribution in [-0.4, -0.2) is 48.3 Å². The molecule has 1 atom stereocenters. The molecule has 0 saturated heterocycles. The van der Waals surface area contributed by atoms with Gasteiger partial charge >= 0.3 is 5.97 Å². The second kappa shape index (κ2) is 10.0. The van der Waals surface area contributed by atoms with Crippen molar-refractivity contribution in [2.24, 2.45) is 5.73 Å². The Morgan fingerprint density at radius 2 is 1.76 bits per heavy atom. The zero-order chi connectivity index (χ0) is 25.2. The molecule has 2 aromatic carbocycles. The van der Waals surface area contributed by atoms with Crippen molar-refractivity contribution >= 4 is 58.1 Å². The van der Waals surface area contributed by atoms with Crippen molar-refractivity contribution in [3.05, 3.63) is 58.1 Å². The molecule has 180 valence electrons. The Bertz CT molecular complexity index is 1150. The largest absolute Gasteiger partial charge is 0.459 e. The fraction of sp³-hybridized carbons (Fsp3) is 0.333. The molecule has 0 saturated carbocycles. The first kappa shape index (κ1) is 25.5. The fourth-order valence-corrected chi connectivity index (χ4v) is 4.01. The predicted molar refractivity (Wildman–Crippen MR) is 130 cm³/mol. The zero-order valence-corrected chi connectivity index (χ0v) is 20.5. The molecular formula is C24H25Cl2N3O5. The smallest absolute Gasteiger partial charge is 0.326 e. The number of primary amides is 1. The lowest BCUT2D eigenvalue weighted by Crippen LogP contribution is -2.56. The highest BCUT2D eigenvalue weighted by atomic mass is 35.5. The van der Waals surface area contributed by atoms with Gasteiger partial charge in [0.25, 0.3) is 5.91 Å². The van der Waals surface area contributed by atoms with E-state index in [1.807, 2.05) is 0 Å². The van der Waals surface area contributed by atoms with E-state index in [4.69, 9.17) is 33.7 Å². The van der Waals surface area contributed by atoms with Crippen LogP contribution in [-0.2, 0) is 19.1 Å². The van der Waals surface area contributed by atoms with Crippen LogP contribution in [0.15, 0.2) is 42.5 Å². The average Bonchev–Trinajstić information content (AvgIpc) is 2.78. The number of amides is 2. The molecule has 0 aromatic heterocycles. The topological polar surface area (TPSA) is 110 Å². The molecule has 34 heavy (non-hydrogen) atoms. The lowest BCUT2D eigenvalue weighted by atomic mass is 10.0. The Labute approximate surface area is 207 Å². The molecule has 0 aliphatic carbocycles. The Balaban J connectivity index is 2.14. The molecule has 2 amide bonds. The van der Waals surface area contributed by atoms with Crippen molar-refractivity contribution in [1.82, 2.24) is 0 Å². The van der Waals surface area contributed by atoms with Crippen LogP contribution < -0.4 is 15.5 Å². The molecular weight excluding hydrogens is 481 g/mol. The molecule has 0 bridgehead atoms. The summed E-state index contributed by atoms with van der Waals surface area (Å²) < 4.78 is 5.39. The highest BCUT2D eigenvalue weighted by molar-refractivity contribution is 6.42. The molecule has 1 unspecified atom stereocenters. The summed E-state index contributed by atoms with van der Waals surface area (Å²) in [7, 11) is 0. The number of halogens is 2. The molecule has 10 heteroatoms. The van der Waals surface area contributed by atoms with Gasteiger partial charge in [0.15, 0.2) is 11.8 Å². The Morgan fingerprint density at radius 3 is 2.38 bits per heavy atom. The molecule has 0 radical (unpaired) electrons. The summed E-state index contributed by atoms with van der Waals surface area (Å²) in [6.45, 7) is 4.58. The van der Waals surface area contributed by atoms with E-state index in [9.17, 15) is 19.2 Å². The molecule has 8 nitrogen and oxygen atoms in total. The van der Waals surface area contributed by atoms with Gasteiger partial charge < -0.3 is 15.4 Å². The van der Waals surface area contributed by atoms with Gasteiger partial charge in [-0.3, -0.25) is 24.1 Å². The third-order valence-electron chi connectivity index (χ3n) is 5.10. The molecule has 0 spiro atoms. The van der Waals surface area contributed by atoms with E-state index < -0.39 is 36.0 Å². The molecule has 0 fully saturated rings. The van der Waals surface area contributed by atoms with Crippen molar-refractivity contribution in [2.75, 3.05) is 22.9 Å². The van der Waals surface area contributed by atoms with Gasteiger partial charge in [-0.05, 0) is 51.1 Å². The summed E-state index contributed by atoms with van der Waals surface area (Å²) in [5, 5.41) is 0.488. The minimum Gasteiger partial charge on any atom is -0.459 e. The number of Topliss-reactive ketones (excluding diaryl/α,β-unsaturated/α-hetero) is 1. The first-order valence-corrected chi connectivity index (χ1v) is 11.3. The van der Waals surface area contributed by atoms with E-state index >= 15 is 0 Å². The number of hydrogen-bond acceptors (Lipinski definition) is 6. The Morgan fingerprint density at radius 1 is 1.09 bits per heavy atom. The summed E-state index contributed by atoms with van der Waals surface area (Å²) in [6, 6.07) is 9.47. The number of para-hydroxylation sites is 1. The third-order valence-corrected chi connectivity index (χ3v) is 5.84. The number of carbonyl (C=O) groups excluding carboxylic acids is 4. The molecule has 1 aliphatic rings. The number of nitrogens with two attached hydrogens (primary N) is 1. The van der Waals surface area contributed by atoms with Crippen LogP contribution >= 0.6 is 23.2 Å². The molecule has 3 rings (SSSR count). The lowest BCUT2D eigenvalue weighted by Gasteiger charge is -2.33. The maximum Gasteiger partial charge on any atom is 0.326 e. The van der Waals surface area contributed by atoms with Crippen molar-refractivity contribution < 1.29 is 23.9 Å². The fourth-order valence-electron chi connectivity index (χ4n) is 3.71. The molecule has 1 aliphatic heterocycles. The number of benzene rings is 2. The maximum absolute atomic E-state index is 13.8. The summed E-state index contributed by atoms with van der Waals surface area (Å²) in [5.41, 5.74) is 5.71. The van der Waals surface area contributed by atoms with E-state index in [0.717, 1.165) is 4.90 Å². The first-order valence-electron chi connectivity index (χ1n) is 10.6. The van der Waals surface area contributed by atoms with Crippen LogP contribution in [0.25, 0.3) is 0 Å². The van der Waals surface area contributed by atoms with Crippen LogP contribution in [0, 0.1) is 0 Å². The standard InChI is InChI=1S/C24H25Cl2N3O5/c1-24(2,3)34-20(31)13-29-18-7-5-4-6-15(18)19(30)10-11-28(21(22(27)32)23(29)33)14-8-9-16(25)17(26)12-14/h4-9,12,21H,10-11,13H2,1-3H3,(H2,27,32). The average molecular weight is 506 g/mol. The predicted octanol–water partition coefficient (Wildman–Crippen LogP) is 3.62. The van der Waals surface area contributed by atoms with Crippen LogP contribution in [0.1, 0.15) is 37.6 Å². The highest BCUT2D eigenvalue weighted by Crippen LogP contribution is 2.31. The number of anilines is 2. The van der Waals surface area contributed by atoms with E-state index in [1.165, 1.54) is 17.0 Å². The number of esters is 1. The first-order chi connectivity index (χ1) is 15.9. The Kier molecular flexibility index (Phi) is 7.53. The maximum atomic E-state index is 13.8. The van der Waals surface area contributed by atoms with Crippen LogP contribution in [0.2, 0.25) is 10.0 Å². The minimum atomic E-state index is -1.52. The lowest BCUT2D eigenvalue weighted by molar-refractivity contribution is -0.153. The Hall–Kier alpha value is -3.10. The summed E-state index contributed by atoms with van der Waals surface area (Å²) in [5.74, 6) is -2.69. The quantitative estimate of drug-likeness (QED) is 0.501. The van der Waals surface area contributed by atoms with Gasteiger partial charge in [-0.2, -0.15) is 0 Å². The van der Waals surface area contributed by atoms with Gasteiger partial charge in [-0.1, -0.05) is 35.3 Å². The molecule has 2 N–H and O–H groups in total. The number of hydrogen-bond donors (Lipinski definition) is 1. The second-order valence-electron chi connectivity index (χ2n) is 8.80. The molecule has 1 heterocycles. The summed E-state index contributed by atoms with van der Waals surface area (Å²) >= 11 is 12.2. The molecule has 2 aromatic rings. The number of rotatable bonds is 4. The van der Waals surface area contributed by atoms with Gasteiger partial charge in [0.2, 0.25) is 5.91 Å². The van der Waals surface area contributed by atoms with Gasteiger partial charge in [-0.15, -0.1) is 0 Å². The SMILES string of the molecule is CC(C)(C)OC(=O)CN1C(=O)C(C(N)=O)N(c2ccc(Cl)c(Cl)c2)CCC(=O)c2ccccc21. The van der Waals surface area contributed by atoms with E-state index in [-0.39, 0.29) is 40.0 Å². The summed E-state index contributed by atoms with van der Waals surface area (Å²) in [4.78, 5) is 54.7. The second-order valence-corrected chi connectivity index (χ2v) is 9.61. The number of ketones is 1. The van der Waals surface area contributed by atoms with E-state index in [1.54, 1.807) is 51.1 Å². The van der Waals surface area contributed by atoms with Gasteiger partial charge in [0.05, 0.1) is 15.7 Å². The van der Waals surface area contributed by atoms with Crippen LogP contribution in [0.3, 0.4) is 0 Å². The van der Waals surface area contributed by atoms with Crippen molar-refractivity contribution in [3.63, 3.8) is 0 Å². The monoisotopic (exact) mass is 505 g/mol. The minimum absolute atomic E-state index is 0.00472. The zero-order valence-electron chi connectivity index (χ0n) is 19.0. The van der Waals surface area contributed by atoms with Crippen LogP contribution in [0.4, 0.5) is 11.4 Å². The van der Waals surface area contributed by atoms with E-state index in [0.29, 0.717) is 5.69 Å². The van der Waals surface area contributed by atoms with Crippen molar-refractivity contribution in [2.45, 2.75) is 38.8 Å². The van der Waals surface area contributed by atoms with Crippen LogP contribution in [0.5, 0.6) is 0 Å². The summed E-state index contributed by atoms with van der Waals surface area (Å²) in [6.07, 6.45) is -0.0192. The van der Waals surface area contributed by atoms with Gasteiger partial charge in [0, 0.05) is 24.2 Å². The number of ether oxygens (including phenoxy) is 1. The van der Waals surface area contributed by atoms with Gasteiger partial charge in [0.1, 0.15) is 12.1 Å². The highest BCUT2D eigenvalue weighted by Gasteiger charge is 2.39. The number of fused-ring (bicyclic) bond motifs is 1. The third kappa shape index (κ3) is 5.69. The normalized spacial score (nSPS) is 16.9. The van der Waals surface area contributed by atoms with E-state index in [2.05, 4.69) is 0 Å². The number of carbonyl (C=O) groups is 4. The number of nitrogens with zero attached hydrogens (tertiary/aromatic N) is 2. The van der Waals surface area contributed by atoms with Crippen molar-refractivity contribution in [1.29, 1.82) is 0 Å². The van der Waals surface area contributed by atoms with Crippen molar-refractivity contribution in [3.8, 4) is 0 Å². The van der Waals surface area contributed by atoms with Gasteiger partial charge in [-0.25, -0.2) is 0 Å².